The summed E-state index contributed by atoms with van der Waals surface area (Å²) in [6, 6.07) is 9.32. The highest BCUT2D eigenvalue weighted by atomic mass is 19.4. The van der Waals surface area contributed by atoms with Crippen LogP contribution < -0.4 is 10.2 Å². The fraction of sp³-hybridized carbons (Fsp3) is 0.381. The molecule has 1 N–H and O–H groups in total. The van der Waals surface area contributed by atoms with Crippen molar-refractivity contribution < 1.29 is 18.0 Å². The van der Waals surface area contributed by atoms with Crippen LogP contribution in [0.15, 0.2) is 42.0 Å². The number of rotatable bonds is 4. The molecule has 1 aromatic carbocycles. The SMILES string of the molecule is O=C(NC1CC1)c1ccc(N2CCC(=Cc3ccccc3C(F)(F)F)CC2)nn1. The molecule has 1 aromatic heterocycles. The first-order valence-electron chi connectivity index (χ1n) is 9.65. The van der Waals surface area contributed by atoms with Gasteiger partial charge in [0.15, 0.2) is 11.5 Å². The number of hydrogen-bond acceptors (Lipinski definition) is 4. The van der Waals surface area contributed by atoms with E-state index in [1.165, 1.54) is 12.1 Å². The van der Waals surface area contributed by atoms with Gasteiger partial charge in [-0.05, 0) is 49.4 Å². The molecule has 1 amide bonds. The van der Waals surface area contributed by atoms with Crippen LogP contribution in [0.1, 0.15) is 47.3 Å². The summed E-state index contributed by atoms with van der Waals surface area (Å²) in [4.78, 5) is 14.0. The highest BCUT2D eigenvalue weighted by Crippen LogP contribution is 2.34. The van der Waals surface area contributed by atoms with Crippen molar-refractivity contribution >= 4 is 17.8 Å². The zero-order valence-corrected chi connectivity index (χ0v) is 15.7. The van der Waals surface area contributed by atoms with E-state index in [4.69, 9.17) is 0 Å². The van der Waals surface area contributed by atoms with Crippen molar-refractivity contribution in [3.05, 3.63) is 58.8 Å². The second-order valence-corrected chi connectivity index (χ2v) is 7.40. The number of piperidine rings is 1. The lowest BCUT2D eigenvalue weighted by Crippen LogP contribution is -2.32. The number of carbonyl (C=O) groups is 1. The van der Waals surface area contributed by atoms with Gasteiger partial charge in [0.2, 0.25) is 0 Å². The Morgan fingerprint density at radius 2 is 1.79 bits per heavy atom. The maximum absolute atomic E-state index is 13.2. The van der Waals surface area contributed by atoms with E-state index in [9.17, 15) is 18.0 Å². The smallest absolute Gasteiger partial charge is 0.354 e. The van der Waals surface area contributed by atoms with Crippen molar-refractivity contribution in [1.29, 1.82) is 0 Å². The minimum atomic E-state index is -4.36. The first-order valence-corrected chi connectivity index (χ1v) is 9.65. The van der Waals surface area contributed by atoms with Gasteiger partial charge in [-0.2, -0.15) is 13.2 Å². The summed E-state index contributed by atoms with van der Waals surface area (Å²) in [5.74, 6) is 0.460. The Balaban J connectivity index is 1.39. The van der Waals surface area contributed by atoms with Crippen molar-refractivity contribution in [2.24, 2.45) is 0 Å². The average molecular weight is 402 g/mol. The zero-order chi connectivity index (χ0) is 20.4. The van der Waals surface area contributed by atoms with E-state index in [-0.39, 0.29) is 17.5 Å². The normalized spacial score (nSPS) is 17.2. The van der Waals surface area contributed by atoms with E-state index in [1.807, 2.05) is 4.90 Å². The monoisotopic (exact) mass is 402 g/mol. The van der Waals surface area contributed by atoms with Gasteiger partial charge < -0.3 is 10.2 Å². The number of benzene rings is 1. The molecule has 0 atom stereocenters. The van der Waals surface area contributed by atoms with Crippen molar-refractivity contribution in [2.45, 2.75) is 37.9 Å². The molecule has 1 saturated heterocycles. The molecule has 2 fully saturated rings. The Morgan fingerprint density at radius 1 is 1.07 bits per heavy atom. The summed E-state index contributed by atoms with van der Waals surface area (Å²) >= 11 is 0. The lowest BCUT2D eigenvalue weighted by atomic mass is 9.98. The predicted molar refractivity (Wildman–Crippen MR) is 103 cm³/mol. The molecule has 0 bridgehead atoms. The number of carbonyl (C=O) groups excluding carboxylic acids is 1. The molecule has 1 aliphatic carbocycles. The van der Waals surface area contributed by atoms with E-state index in [0.717, 1.165) is 24.5 Å². The third kappa shape index (κ3) is 4.75. The molecule has 8 heteroatoms. The van der Waals surface area contributed by atoms with E-state index >= 15 is 0 Å². The van der Waals surface area contributed by atoms with Gasteiger partial charge in [-0.15, -0.1) is 10.2 Å². The van der Waals surface area contributed by atoms with Gasteiger partial charge in [0, 0.05) is 19.1 Å². The Hall–Kier alpha value is -2.90. The quantitative estimate of drug-likeness (QED) is 0.838. The lowest BCUT2D eigenvalue weighted by molar-refractivity contribution is -0.137. The summed E-state index contributed by atoms with van der Waals surface area (Å²) in [6.07, 6.45) is 0.604. The van der Waals surface area contributed by atoms with Crippen LogP contribution in [-0.2, 0) is 6.18 Å². The fourth-order valence-electron chi connectivity index (χ4n) is 3.37. The van der Waals surface area contributed by atoms with Gasteiger partial charge in [-0.3, -0.25) is 4.79 Å². The van der Waals surface area contributed by atoms with Crippen molar-refractivity contribution in [3.8, 4) is 0 Å². The third-order valence-corrected chi connectivity index (χ3v) is 5.15. The van der Waals surface area contributed by atoms with Crippen LogP contribution in [0.3, 0.4) is 0 Å². The summed E-state index contributed by atoms with van der Waals surface area (Å²) in [6.45, 7) is 1.28. The number of anilines is 1. The molecule has 4 rings (SSSR count). The standard InChI is InChI=1S/C21H21F3N4O/c22-21(23,24)17-4-2-1-3-15(17)13-14-9-11-28(12-10-14)19-8-7-18(26-27-19)20(29)25-16-5-6-16/h1-4,7-8,13,16H,5-6,9-12H2,(H,25,29). The molecule has 2 heterocycles. The number of aromatic nitrogens is 2. The fourth-order valence-corrected chi connectivity index (χ4v) is 3.37. The molecule has 2 aliphatic rings. The van der Waals surface area contributed by atoms with Gasteiger partial charge in [0.25, 0.3) is 5.91 Å². The maximum Gasteiger partial charge on any atom is 0.416 e. The minimum Gasteiger partial charge on any atom is -0.354 e. The summed E-state index contributed by atoms with van der Waals surface area (Å²) in [5, 5.41) is 11.0. The van der Waals surface area contributed by atoms with E-state index in [1.54, 1.807) is 24.3 Å². The first-order chi connectivity index (χ1) is 13.9. The van der Waals surface area contributed by atoms with Crippen LogP contribution in [0.2, 0.25) is 0 Å². The molecular formula is C21H21F3N4O. The Morgan fingerprint density at radius 3 is 2.41 bits per heavy atom. The number of hydrogen-bond donors (Lipinski definition) is 1. The van der Waals surface area contributed by atoms with E-state index < -0.39 is 11.7 Å². The van der Waals surface area contributed by atoms with Crippen LogP contribution in [0.4, 0.5) is 19.0 Å². The first kappa shape index (κ1) is 19.4. The number of nitrogens with zero attached hydrogens (tertiary/aromatic N) is 3. The summed E-state index contributed by atoms with van der Waals surface area (Å²) < 4.78 is 39.5. The maximum atomic E-state index is 13.2. The van der Waals surface area contributed by atoms with Gasteiger partial charge in [-0.1, -0.05) is 29.8 Å². The number of alkyl halides is 3. The Bertz CT molecular complexity index is 910. The molecule has 0 unspecified atom stereocenters. The van der Waals surface area contributed by atoms with Crippen molar-refractivity contribution in [3.63, 3.8) is 0 Å². The number of halogens is 3. The van der Waals surface area contributed by atoms with Gasteiger partial charge in [-0.25, -0.2) is 0 Å². The lowest BCUT2D eigenvalue weighted by Gasteiger charge is -2.29. The topological polar surface area (TPSA) is 58.1 Å². The molecular weight excluding hydrogens is 381 g/mol. The van der Waals surface area contributed by atoms with Crippen molar-refractivity contribution in [2.75, 3.05) is 18.0 Å². The van der Waals surface area contributed by atoms with Crippen molar-refractivity contribution in [1.82, 2.24) is 15.5 Å². The number of nitrogens with one attached hydrogen (secondary N) is 1. The highest BCUT2D eigenvalue weighted by Gasteiger charge is 2.32. The highest BCUT2D eigenvalue weighted by molar-refractivity contribution is 5.92. The molecule has 0 spiro atoms. The molecule has 29 heavy (non-hydrogen) atoms. The molecule has 152 valence electrons. The minimum absolute atomic E-state index is 0.203. The zero-order valence-electron chi connectivity index (χ0n) is 15.7. The van der Waals surface area contributed by atoms with Gasteiger partial charge >= 0.3 is 6.18 Å². The van der Waals surface area contributed by atoms with Crippen LogP contribution in [-0.4, -0.2) is 35.2 Å². The van der Waals surface area contributed by atoms with Crippen LogP contribution >= 0.6 is 0 Å². The summed E-state index contributed by atoms with van der Waals surface area (Å²) in [5.41, 5.74) is 0.864. The molecule has 1 saturated carbocycles. The number of amides is 1. The van der Waals surface area contributed by atoms with Crippen LogP contribution in [0.5, 0.6) is 0 Å². The third-order valence-electron chi connectivity index (χ3n) is 5.15. The molecule has 0 radical (unpaired) electrons. The van der Waals surface area contributed by atoms with Gasteiger partial charge in [0.1, 0.15) is 0 Å². The van der Waals surface area contributed by atoms with Crippen LogP contribution in [0.25, 0.3) is 6.08 Å². The largest absolute Gasteiger partial charge is 0.416 e. The second kappa shape index (κ2) is 7.85. The van der Waals surface area contributed by atoms with Gasteiger partial charge in [0.05, 0.1) is 5.56 Å². The summed E-state index contributed by atoms with van der Waals surface area (Å²) in [7, 11) is 0. The van der Waals surface area contributed by atoms with E-state index in [0.29, 0.717) is 37.4 Å². The van der Waals surface area contributed by atoms with Crippen LogP contribution in [0, 0.1) is 0 Å². The molecule has 5 nitrogen and oxygen atoms in total. The average Bonchev–Trinajstić information content (AvgIpc) is 3.52. The predicted octanol–water partition coefficient (Wildman–Crippen LogP) is 4.07. The van der Waals surface area contributed by atoms with E-state index in [2.05, 4.69) is 15.5 Å². The molecule has 1 aliphatic heterocycles. The Labute approximate surface area is 166 Å². The molecule has 2 aromatic rings. The second-order valence-electron chi connectivity index (χ2n) is 7.40. The Kier molecular flexibility index (Phi) is 5.25.